The molecule has 1 atom stereocenters. The van der Waals surface area contributed by atoms with Crippen LogP contribution in [0.15, 0.2) is 0 Å². The molecule has 14 heavy (non-hydrogen) atoms. The second kappa shape index (κ2) is 4.33. The lowest BCUT2D eigenvalue weighted by atomic mass is 9.72. The Bertz CT molecular complexity index is 201. The highest BCUT2D eigenvalue weighted by Gasteiger charge is 2.28. The van der Waals surface area contributed by atoms with Gasteiger partial charge in [0.25, 0.3) is 0 Å². The number of amides is 1. The van der Waals surface area contributed by atoms with E-state index in [1.54, 1.807) is 0 Å². The minimum atomic E-state index is -0.188. The molecule has 0 rings (SSSR count). The number of rotatable bonds is 4. The van der Waals surface area contributed by atoms with Gasteiger partial charge in [0, 0.05) is 5.92 Å². The van der Waals surface area contributed by atoms with E-state index in [0.29, 0.717) is 5.41 Å². The van der Waals surface area contributed by atoms with Gasteiger partial charge >= 0.3 is 0 Å². The SMILES string of the molecule is CC(CC(C)(C)CC(C)(C)C)C(N)=O. The molecule has 0 aromatic heterocycles. The second-order valence-corrected chi connectivity index (χ2v) is 6.41. The molecule has 0 radical (unpaired) electrons. The summed E-state index contributed by atoms with van der Waals surface area (Å²) < 4.78 is 0. The van der Waals surface area contributed by atoms with Crippen molar-refractivity contribution < 1.29 is 4.79 Å². The van der Waals surface area contributed by atoms with Crippen LogP contribution in [0.2, 0.25) is 0 Å². The molecule has 0 saturated carbocycles. The van der Waals surface area contributed by atoms with E-state index in [2.05, 4.69) is 34.6 Å². The number of nitrogens with two attached hydrogens (primary N) is 1. The van der Waals surface area contributed by atoms with Crippen molar-refractivity contribution in [2.45, 2.75) is 54.4 Å². The van der Waals surface area contributed by atoms with E-state index in [0.717, 1.165) is 12.8 Å². The van der Waals surface area contributed by atoms with Gasteiger partial charge in [-0.2, -0.15) is 0 Å². The summed E-state index contributed by atoms with van der Waals surface area (Å²) in [6.45, 7) is 13.0. The molecular weight excluding hydrogens is 174 g/mol. The lowest BCUT2D eigenvalue weighted by Gasteiger charge is -2.33. The van der Waals surface area contributed by atoms with Crippen LogP contribution >= 0.6 is 0 Å². The van der Waals surface area contributed by atoms with E-state index in [1.165, 1.54) is 0 Å². The van der Waals surface area contributed by atoms with Crippen LogP contribution < -0.4 is 5.73 Å². The Morgan fingerprint density at radius 3 is 1.93 bits per heavy atom. The van der Waals surface area contributed by atoms with Crippen LogP contribution in [0.4, 0.5) is 0 Å². The van der Waals surface area contributed by atoms with Crippen LogP contribution in [0.1, 0.15) is 54.4 Å². The van der Waals surface area contributed by atoms with E-state index in [4.69, 9.17) is 5.73 Å². The van der Waals surface area contributed by atoms with Gasteiger partial charge in [-0.1, -0.05) is 41.5 Å². The first-order valence-corrected chi connectivity index (χ1v) is 5.33. The average molecular weight is 199 g/mol. The van der Waals surface area contributed by atoms with Gasteiger partial charge in [-0.25, -0.2) is 0 Å². The van der Waals surface area contributed by atoms with Crippen LogP contribution in [0.5, 0.6) is 0 Å². The van der Waals surface area contributed by atoms with E-state index >= 15 is 0 Å². The topological polar surface area (TPSA) is 43.1 Å². The quantitative estimate of drug-likeness (QED) is 0.743. The van der Waals surface area contributed by atoms with Crippen LogP contribution in [-0.2, 0) is 4.79 Å². The zero-order valence-electron chi connectivity index (χ0n) is 10.5. The molecule has 0 heterocycles. The predicted molar refractivity (Wildman–Crippen MR) is 60.8 cm³/mol. The summed E-state index contributed by atoms with van der Waals surface area (Å²) >= 11 is 0. The van der Waals surface area contributed by atoms with E-state index in [1.807, 2.05) is 6.92 Å². The maximum absolute atomic E-state index is 11.0. The van der Waals surface area contributed by atoms with Crippen molar-refractivity contribution in [3.8, 4) is 0 Å². The van der Waals surface area contributed by atoms with Crippen molar-refractivity contribution in [3.05, 3.63) is 0 Å². The molecule has 2 heteroatoms. The molecule has 0 spiro atoms. The third kappa shape index (κ3) is 6.01. The summed E-state index contributed by atoms with van der Waals surface area (Å²) in [5, 5.41) is 0. The molecule has 0 aliphatic carbocycles. The Morgan fingerprint density at radius 2 is 1.64 bits per heavy atom. The van der Waals surface area contributed by atoms with Crippen LogP contribution in [0, 0.1) is 16.7 Å². The first-order chi connectivity index (χ1) is 6.03. The second-order valence-electron chi connectivity index (χ2n) is 6.41. The van der Waals surface area contributed by atoms with Crippen LogP contribution in [0.3, 0.4) is 0 Å². The Morgan fingerprint density at radius 1 is 1.21 bits per heavy atom. The normalized spacial score (nSPS) is 15.3. The van der Waals surface area contributed by atoms with Gasteiger partial charge in [0.2, 0.25) is 5.91 Å². The monoisotopic (exact) mass is 199 g/mol. The molecule has 0 fully saturated rings. The molecule has 2 nitrogen and oxygen atoms in total. The van der Waals surface area contributed by atoms with Gasteiger partial charge in [0.05, 0.1) is 0 Å². The summed E-state index contributed by atoms with van der Waals surface area (Å²) in [5.41, 5.74) is 5.76. The van der Waals surface area contributed by atoms with E-state index in [-0.39, 0.29) is 17.2 Å². The third-order valence-electron chi connectivity index (χ3n) is 2.35. The maximum Gasteiger partial charge on any atom is 0.220 e. The highest BCUT2D eigenvalue weighted by molar-refractivity contribution is 5.76. The van der Waals surface area contributed by atoms with Crippen LogP contribution in [-0.4, -0.2) is 5.91 Å². The summed E-state index contributed by atoms with van der Waals surface area (Å²) in [7, 11) is 0. The molecule has 0 aromatic rings. The van der Waals surface area contributed by atoms with Gasteiger partial charge in [0.15, 0.2) is 0 Å². The lowest BCUT2D eigenvalue weighted by Crippen LogP contribution is -2.29. The van der Waals surface area contributed by atoms with Crippen LogP contribution in [0.25, 0.3) is 0 Å². The molecule has 0 aromatic carbocycles. The highest BCUT2D eigenvalue weighted by Crippen LogP contribution is 2.37. The third-order valence-corrected chi connectivity index (χ3v) is 2.35. The summed E-state index contributed by atoms with van der Waals surface area (Å²) in [5.74, 6) is -0.209. The van der Waals surface area contributed by atoms with Gasteiger partial charge in [0.1, 0.15) is 0 Å². The van der Waals surface area contributed by atoms with Crippen molar-refractivity contribution in [1.82, 2.24) is 0 Å². The minimum absolute atomic E-state index is 0.0210. The van der Waals surface area contributed by atoms with Crippen molar-refractivity contribution in [2.75, 3.05) is 0 Å². The standard InChI is InChI=1S/C12H25NO/c1-9(10(13)14)7-12(5,6)8-11(2,3)4/h9H,7-8H2,1-6H3,(H2,13,14). The predicted octanol–water partition coefficient (Wildman–Crippen LogP) is 2.96. The zero-order chi connectivity index (χ0) is 11.6. The fourth-order valence-corrected chi connectivity index (χ4v) is 2.44. The molecule has 0 aliphatic heterocycles. The molecule has 84 valence electrons. The van der Waals surface area contributed by atoms with Gasteiger partial charge in [-0.15, -0.1) is 0 Å². The van der Waals surface area contributed by atoms with Gasteiger partial charge < -0.3 is 5.73 Å². The van der Waals surface area contributed by atoms with Crippen molar-refractivity contribution >= 4 is 5.91 Å². The fraction of sp³-hybridized carbons (Fsp3) is 0.917. The fourth-order valence-electron chi connectivity index (χ4n) is 2.44. The Balaban J connectivity index is 4.27. The lowest BCUT2D eigenvalue weighted by molar-refractivity contribution is -0.122. The van der Waals surface area contributed by atoms with Gasteiger partial charge in [-0.05, 0) is 23.7 Å². The average Bonchev–Trinajstić information content (AvgIpc) is 1.78. The molecular formula is C12H25NO. The van der Waals surface area contributed by atoms with Gasteiger partial charge in [-0.3, -0.25) is 4.79 Å². The molecule has 1 unspecified atom stereocenters. The first kappa shape index (κ1) is 13.5. The molecule has 0 bridgehead atoms. The number of carbonyl (C=O) groups is 1. The summed E-state index contributed by atoms with van der Waals surface area (Å²) in [6.07, 6.45) is 1.98. The summed E-state index contributed by atoms with van der Waals surface area (Å²) in [4.78, 5) is 11.0. The molecule has 0 saturated heterocycles. The molecule has 2 N–H and O–H groups in total. The van der Waals surface area contributed by atoms with E-state index in [9.17, 15) is 4.79 Å². The Hall–Kier alpha value is -0.530. The number of carbonyl (C=O) groups excluding carboxylic acids is 1. The number of primary amides is 1. The maximum atomic E-state index is 11.0. The number of hydrogen-bond donors (Lipinski definition) is 1. The first-order valence-electron chi connectivity index (χ1n) is 5.33. The Labute approximate surface area is 88.3 Å². The largest absolute Gasteiger partial charge is 0.369 e. The Kier molecular flexibility index (Phi) is 4.16. The smallest absolute Gasteiger partial charge is 0.220 e. The zero-order valence-corrected chi connectivity index (χ0v) is 10.5. The molecule has 0 aliphatic rings. The molecule has 1 amide bonds. The van der Waals surface area contributed by atoms with Crippen molar-refractivity contribution in [3.63, 3.8) is 0 Å². The number of hydrogen-bond acceptors (Lipinski definition) is 1. The van der Waals surface area contributed by atoms with Crippen molar-refractivity contribution in [2.24, 2.45) is 22.5 Å². The highest BCUT2D eigenvalue weighted by atomic mass is 16.1. The van der Waals surface area contributed by atoms with E-state index < -0.39 is 0 Å². The van der Waals surface area contributed by atoms with Crippen molar-refractivity contribution in [1.29, 1.82) is 0 Å². The minimum Gasteiger partial charge on any atom is -0.369 e. The summed E-state index contributed by atoms with van der Waals surface area (Å²) in [6, 6.07) is 0.